The first-order valence-electron chi connectivity index (χ1n) is 4.35. The van der Waals surface area contributed by atoms with E-state index < -0.39 is 0 Å². The Morgan fingerprint density at radius 1 is 1.47 bits per heavy atom. The van der Waals surface area contributed by atoms with Crippen LogP contribution in [-0.2, 0) is 4.74 Å². The molecule has 2 aromatic heterocycles. The number of hydrogen-bond acceptors (Lipinski definition) is 4. The van der Waals surface area contributed by atoms with Crippen LogP contribution in [0.5, 0.6) is 5.88 Å². The summed E-state index contributed by atoms with van der Waals surface area (Å²) in [5.74, 6) is 0.0850. The van der Waals surface area contributed by atoms with Crippen molar-refractivity contribution in [2.75, 3.05) is 14.2 Å². The van der Waals surface area contributed by atoms with Gasteiger partial charge in [-0.2, -0.15) is 0 Å². The van der Waals surface area contributed by atoms with E-state index in [1.54, 1.807) is 18.5 Å². The molecule has 0 radical (unpaired) electrons. The fraction of sp³-hybridized carbons (Fsp3) is 0.200. The quantitative estimate of drug-likeness (QED) is 0.753. The summed E-state index contributed by atoms with van der Waals surface area (Å²) >= 11 is 0. The Balaban J connectivity index is 2.61. The second-order valence-corrected chi connectivity index (χ2v) is 2.97. The minimum atomic E-state index is -0.380. The third-order valence-electron chi connectivity index (χ3n) is 2.16. The summed E-state index contributed by atoms with van der Waals surface area (Å²) in [5, 5.41) is 0.744. The summed E-state index contributed by atoms with van der Waals surface area (Å²) in [7, 11) is 2.87. The Morgan fingerprint density at radius 3 is 2.93 bits per heavy atom. The highest BCUT2D eigenvalue weighted by Gasteiger charge is 2.12. The standard InChI is InChI=1S/C10H10N2O3/c1-14-9-3-6-7(10(13)15-2)4-11-8(6)5-12-9/h3-5,11H,1-2H3. The van der Waals surface area contributed by atoms with Crippen LogP contribution in [0.1, 0.15) is 10.4 Å². The molecule has 0 aliphatic rings. The van der Waals surface area contributed by atoms with E-state index in [0.717, 1.165) is 10.9 Å². The Kier molecular flexibility index (Phi) is 2.29. The van der Waals surface area contributed by atoms with Gasteiger partial charge in [0.25, 0.3) is 0 Å². The van der Waals surface area contributed by atoms with Crippen molar-refractivity contribution < 1.29 is 14.3 Å². The van der Waals surface area contributed by atoms with Crippen LogP contribution in [0.4, 0.5) is 0 Å². The Labute approximate surface area is 86.0 Å². The summed E-state index contributed by atoms with van der Waals surface area (Å²) in [6, 6.07) is 1.69. The maximum absolute atomic E-state index is 11.4. The van der Waals surface area contributed by atoms with Gasteiger partial charge in [0.05, 0.1) is 31.5 Å². The van der Waals surface area contributed by atoms with Crippen LogP contribution in [0.25, 0.3) is 10.9 Å². The SMILES string of the molecule is COC(=O)c1c[nH]c2cnc(OC)cc12. The number of H-pyrrole nitrogens is 1. The zero-order valence-corrected chi connectivity index (χ0v) is 8.40. The number of methoxy groups -OCH3 is 2. The van der Waals surface area contributed by atoms with Crippen LogP contribution in [0.3, 0.4) is 0 Å². The largest absolute Gasteiger partial charge is 0.481 e. The smallest absolute Gasteiger partial charge is 0.340 e. The first kappa shape index (κ1) is 9.51. The van der Waals surface area contributed by atoms with Gasteiger partial charge >= 0.3 is 5.97 Å². The lowest BCUT2D eigenvalue weighted by atomic mass is 10.2. The minimum Gasteiger partial charge on any atom is -0.481 e. The molecule has 0 aliphatic heterocycles. The van der Waals surface area contributed by atoms with Gasteiger partial charge in [-0.25, -0.2) is 9.78 Å². The second-order valence-electron chi connectivity index (χ2n) is 2.97. The highest BCUT2D eigenvalue weighted by molar-refractivity contribution is 6.04. The van der Waals surface area contributed by atoms with Crippen LogP contribution in [0.15, 0.2) is 18.5 Å². The molecule has 78 valence electrons. The van der Waals surface area contributed by atoms with Gasteiger partial charge < -0.3 is 14.5 Å². The molecule has 5 nitrogen and oxygen atoms in total. The zero-order valence-electron chi connectivity index (χ0n) is 8.40. The number of carbonyl (C=O) groups is 1. The van der Waals surface area contributed by atoms with E-state index in [4.69, 9.17) is 4.74 Å². The van der Waals surface area contributed by atoms with Crippen molar-refractivity contribution in [2.45, 2.75) is 0 Å². The molecule has 2 aromatic rings. The Bertz CT molecular complexity index is 504. The summed E-state index contributed by atoms with van der Waals surface area (Å²) in [5.41, 5.74) is 1.25. The van der Waals surface area contributed by atoms with Gasteiger partial charge in [-0.3, -0.25) is 0 Å². The minimum absolute atomic E-state index is 0.380. The van der Waals surface area contributed by atoms with E-state index in [-0.39, 0.29) is 5.97 Å². The van der Waals surface area contributed by atoms with Crippen molar-refractivity contribution in [1.82, 2.24) is 9.97 Å². The van der Waals surface area contributed by atoms with Crippen molar-refractivity contribution in [3.05, 3.63) is 24.0 Å². The predicted molar refractivity (Wildman–Crippen MR) is 54.0 cm³/mol. The molecule has 0 unspecified atom stereocenters. The molecule has 0 bridgehead atoms. The third-order valence-corrected chi connectivity index (χ3v) is 2.16. The normalized spacial score (nSPS) is 10.3. The number of nitrogens with zero attached hydrogens (tertiary/aromatic N) is 1. The van der Waals surface area contributed by atoms with Crippen molar-refractivity contribution in [3.8, 4) is 5.88 Å². The van der Waals surface area contributed by atoms with Crippen LogP contribution >= 0.6 is 0 Å². The van der Waals surface area contributed by atoms with Gasteiger partial charge in [-0.05, 0) is 0 Å². The maximum atomic E-state index is 11.4. The molecule has 0 atom stereocenters. The van der Waals surface area contributed by atoms with Gasteiger partial charge in [-0.1, -0.05) is 0 Å². The predicted octanol–water partition coefficient (Wildman–Crippen LogP) is 1.36. The summed E-state index contributed by atoms with van der Waals surface area (Å²) in [6.07, 6.45) is 3.21. The molecule has 2 heterocycles. The highest BCUT2D eigenvalue weighted by Crippen LogP contribution is 2.21. The molecule has 0 spiro atoms. The topological polar surface area (TPSA) is 64.2 Å². The highest BCUT2D eigenvalue weighted by atomic mass is 16.5. The molecular formula is C10H10N2O3. The summed E-state index contributed by atoms with van der Waals surface area (Å²) in [4.78, 5) is 18.3. The molecule has 0 saturated heterocycles. The fourth-order valence-corrected chi connectivity index (χ4v) is 1.39. The molecule has 5 heteroatoms. The molecule has 0 amide bonds. The van der Waals surface area contributed by atoms with Gasteiger partial charge in [0, 0.05) is 17.6 Å². The maximum Gasteiger partial charge on any atom is 0.340 e. The number of carbonyl (C=O) groups excluding carboxylic acids is 1. The van der Waals surface area contributed by atoms with Gasteiger partial charge in [0.1, 0.15) is 0 Å². The lowest BCUT2D eigenvalue weighted by Crippen LogP contribution is -1.99. The molecule has 2 rings (SSSR count). The number of hydrogen-bond donors (Lipinski definition) is 1. The molecule has 0 aliphatic carbocycles. The number of aromatic nitrogens is 2. The van der Waals surface area contributed by atoms with Crippen LogP contribution in [0.2, 0.25) is 0 Å². The number of esters is 1. The van der Waals surface area contributed by atoms with Gasteiger partial charge in [0.15, 0.2) is 0 Å². The number of rotatable bonds is 2. The van der Waals surface area contributed by atoms with Crippen molar-refractivity contribution in [2.24, 2.45) is 0 Å². The van der Waals surface area contributed by atoms with E-state index in [1.165, 1.54) is 14.2 Å². The van der Waals surface area contributed by atoms with Crippen LogP contribution in [0, 0.1) is 0 Å². The molecule has 0 saturated carbocycles. The molecular weight excluding hydrogens is 196 g/mol. The first-order chi connectivity index (χ1) is 7.26. The number of fused-ring (bicyclic) bond motifs is 1. The number of pyridine rings is 1. The number of nitrogens with one attached hydrogen (secondary N) is 1. The average molecular weight is 206 g/mol. The van der Waals surface area contributed by atoms with Gasteiger partial charge in [0.2, 0.25) is 5.88 Å². The van der Waals surface area contributed by atoms with E-state index in [2.05, 4.69) is 14.7 Å². The van der Waals surface area contributed by atoms with Crippen molar-refractivity contribution in [1.29, 1.82) is 0 Å². The third kappa shape index (κ3) is 1.52. The lowest BCUT2D eigenvalue weighted by molar-refractivity contribution is 0.0603. The van der Waals surface area contributed by atoms with E-state index in [0.29, 0.717) is 11.4 Å². The summed E-state index contributed by atoms with van der Waals surface area (Å²) < 4.78 is 9.64. The number of ether oxygens (including phenoxy) is 2. The zero-order chi connectivity index (χ0) is 10.8. The van der Waals surface area contributed by atoms with Crippen LogP contribution in [-0.4, -0.2) is 30.2 Å². The molecule has 0 aromatic carbocycles. The van der Waals surface area contributed by atoms with Crippen LogP contribution < -0.4 is 4.74 Å². The second kappa shape index (κ2) is 3.61. The first-order valence-corrected chi connectivity index (χ1v) is 4.35. The summed E-state index contributed by atoms with van der Waals surface area (Å²) in [6.45, 7) is 0. The van der Waals surface area contributed by atoms with Gasteiger partial charge in [-0.15, -0.1) is 0 Å². The number of aromatic amines is 1. The monoisotopic (exact) mass is 206 g/mol. The Hall–Kier alpha value is -2.04. The fourth-order valence-electron chi connectivity index (χ4n) is 1.39. The lowest BCUT2D eigenvalue weighted by Gasteiger charge is -1.99. The molecule has 1 N–H and O–H groups in total. The van der Waals surface area contributed by atoms with E-state index in [9.17, 15) is 4.79 Å². The average Bonchev–Trinajstić information content (AvgIpc) is 2.70. The van der Waals surface area contributed by atoms with E-state index >= 15 is 0 Å². The molecule has 0 fully saturated rings. The van der Waals surface area contributed by atoms with Crippen molar-refractivity contribution >= 4 is 16.9 Å². The van der Waals surface area contributed by atoms with E-state index in [1.807, 2.05) is 0 Å². The van der Waals surface area contributed by atoms with Crippen molar-refractivity contribution in [3.63, 3.8) is 0 Å². The molecule has 15 heavy (non-hydrogen) atoms. The Morgan fingerprint density at radius 2 is 2.27 bits per heavy atom.